The van der Waals surface area contributed by atoms with E-state index in [2.05, 4.69) is 142 Å². The fourth-order valence-electron chi connectivity index (χ4n) is 6.72. The SMILES string of the molecule is CC(C)c1cccc(C(C)C)c1N1c2ccccc2[N-]C1c1[c-]cc2oc3ccccc3c2c1.C[Si](C)(C)c1ccc(-c2[c-]cccc2)nc1.[Ir+3]. The van der Waals surface area contributed by atoms with Gasteiger partial charge in [0.1, 0.15) is 5.58 Å². The van der Waals surface area contributed by atoms with E-state index in [9.17, 15) is 0 Å². The summed E-state index contributed by atoms with van der Waals surface area (Å²) >= 11 is 0. The van der Waals surface area contributed by atoms with Gasteiger partial charge in [0, 0.05) is 28.5 Å². The predicted octanol–water partition coefficient (Wildman–Crippen LogP) is 12.6. The number of hydrogen-bond donors (Lipinski definition) is 0. The number of hydrogen-bond acceptors (Lipinski definition) is 3. The molecule has 8 rings (SSSR count). The van der Waals surface area contributed by atoms with E-state index in [0.717, 1.165) is 50.1 Å². The van der Waals surface area contributed by atoms with Crippen molar-refractivity contribution in [3.05, 3.63) is 156 Å². The molecule has 7 aromatic rings. The van der Waals surface area contributed by atoms with Gasteiger partial charge in [-0.3, -0.25) is 0 Å². The number of rotatable bonds is 6. The first-order valence-corrected chi connectivity index (χ1v) is 21.1. The minimum atomic E-state index is -1.23. The molecule has 0 N–H and O–H groups in total. The first kappa shape index (κ1) is 36.3. The number of nitrogens with zero attached hydrogens (tertiary/aromatic N) is 3. The van der Waals surface area contributed by atoms with Gasteiger partial charge in [-0.15, -0.1) is 47.6 Å². The van der Waals surface area contributed by atoms with Crippen LogP contribution in [0.4, 0.5) is 17.1 Å². The molecule has 5 aromatic carbocycles. The third kappa shape index (κ3) is 7.32. The summed E-state index contributed by atoms with van der Waals surface area (Å²) in [7, 11) is -1.23. The van der Waals surface area contributed by atoms with Gasteiger partial charge >= 0.3 is 20.1 Å². The van der Waals surface area contributed by atoms with Crippen LogP contribution in [0.5, 0.6) is 0 Å². The van der Waals surface area contributed by atoms with Crippen LogP contribution in [0.15, 0.2) is 126 Å². The monoisotopic (exact) mass is 863 g/mol. The van der Waals surface area contributed by atoms with Gasteiger partial charge in [0.2, 0.25) is 0 Å². The third-order valence-corrected chi connectivity index (χ3v) is 11.5. The van der Waals surface area contributed by atoms with Crippen LogP contribution >= 0.6 is 0 Å². The number of anilines is 2. The number of pyridine rings is 1. The Bertz CT molecular complexity index is 2230. The summed E-state index contributed by atoms with van der Waals surface area (Å²) in [5, 5.41) is 8.84. The quantitative estimate of drug-likeness (QED) is 0.124. The Morgan fingerprint density at radius 1 is 0.745 bits per heavy atom. The van der Waals surface area contributed by atoms with Gasteiger partial charge in [0.25, 0.3) is 0 Å². The maximum atomic E-state index is 6.07. The van der Waals surface area contributed by atoms with E-state index in [-0.39, 0.29) is 26.3 Å². The molecule has 0 spiro atoms. The van der Waals surface area contributed by atoms with Gasteiger partial charge in [-0.25, -0.2) is 0 Å². The van der Waals surface area contributed by atoms with Gasteiger partial charge in [0.05, 0.1) is 8.07 Å². The minimum absolute atomic E-state index is 0. The zero-order valence-corrected chi connectivity index (χ0v) is 33.8. The van der Waals surface area contributed by atoms with Gasteiger partial charge < -0.3 is 19.6 Å². The molecule has 0 bridgehead atoms. The maximum absolute atomic E-state index is 6.07. The summed E-state index contributed by atoms with van der Waals surface area (Å²) in [5.41, 5.74) is 11.0. The van der Waals surface area contributed by atoms with Gasteiger partial charge in [-0.05, 0) is 52.1 Å². The summed E-state index contributed by atoms with van der Waals surface area (Å²) in [4.78, 5) is 6.95. The number of furan rings is 1. The van der Waals surface area contributed by atoms with Crippen molar-refractivity contribution in [2.45, 2.75) is 65.3 Å². The Morgan fingerprint density at radius 2 is 1.45 bits per heavy atom. The maximum Gasteiger partial charge on any atom is 3.00 e. The van der Waals surface area contributed by atoms with Crippen LogP contribution in [0.1, 0.15) is 62.4 Å². The Labute approximate surface area is 317 Å². The molecular weight excluding hydrogens is 819 g/mol. The average molecular weight is 863 g/mol. The van der Waals surface area contributed by atoms with E-state index in [1.54, 1.807) is 0 Å². The number of benzene rings is 5. The largest absolute Gasteiger partial charge is 3.00 e. The summed E-state index contributed by atoms with van der Waals surface area (Å²) in [6.07, 6.45) is 1.83. The Hall–Kier alpha value is -4.48. The molecule has 6 heteroatoms. The summed E-state index contributed by atoms with van der Waals surface area (Å²) in [5.74, 6) is 0.790. The van der Waals surface area contributed by atoms with Crippen LogP contribution in [-0.2, 0) is 20.1 Å². The van der Waals surface area contributed by atoms with E-state index in [1.807, 2.05) is 48.7 Å². The van der Waals surface area contributed by atoms with Crippen LogP contribution < -0.4 is 10.1 Å². The molecule has 0 amide bonds. The Morgan fingerprint density at radius 3 is 2.12 bits per heavy atom. The second kappa shape index (κ2) is 15.0. The van der Waals surface area contributed by atoms with Crippen LogP contribution in [0.3, 0.4) is 0 Å². The fourth-order valence-corrected chi connectivity index (χ4v) is 7.76. The third-order valence-electron chi connectivity index (χ3n) is 9.46. The summed E-state index contributed by atoms with van der Waals surface area (Å²) < 4.78 is 6.07. The van der Waals surface area contributed by atoms with Crippen molar-refractivity contribution < 1.29 is 24.5 Å². The van der Waals surface area contributed by atoms with Crippen molar-refractivity contribution in [1.82, 2.24) is 4.98 Å². The normalized spacial score (nSPS) is 13.9. The van der Waals surface area contributed by atoms with Gasteiger partial charge in [-0.1, -0.05) is 119 Å². The number of aromatic nitrogens is 1. The summed E-state index contributed by atoms with van der Waals surface area (Å²) in [6.45, 7) is 16.1. The van der Waals surface area contributed by atoms with E-state index < -0.39 is 8.07 Å². The van der Waals surface area contributed by atoms with E-state index in [4.69, 9.17) is 9.73 Å². The van der Waals surface area contributed by atoms with Crippen molar-refractivity contribution in [2.75, 3.05) is 4.90 Å². The standard InChI is InChI=1S/C31H28N2O.C14H16NSi.Ir/c1-19(2)22-11-9-12-23(20(3)4)30(22)33-27-14-7-6-13-26(27)32-31(33)21-16-17-29-25(18-21)24-10-5-8-15-28(24)34-29;1-16(2,3)13-9-10-14(15-11-13)12-7-5-4-6-8-12;/h5-15,17-20,31H,1-4H3;4-7,9-11H,1-3H3;/q-2;-1;+3. The molecule has 0 saturated carbocycles. The van der Waals surface area contributed by atoms with Gasteiger partial charge in [0.15, 0.2) is 0 Å². The van der Waals surface area contributed by atoms with Gasteiger partial charge in [-0.2, -0.15) is 17.7 Å². The smallest absolute Gasteiger partial charge is 0.661 e. The fraction of sp³-hybridized carbons (Fsp3) is 0.222. The number of para-hydroxylation sites is 4. The molecular formula is C45H44IrN3OSi. The molecule has 1 unspecified atom stereocenters. The Balaban J connectivity index is 0.000000222. The van der Waals surface area contributed by atoms with Crippen LogP contribution in [0.25, 0.3) is 38.5 Å². The molecule has 1 atom stereocenters. The molecule has 0 radical (unpaired) electrons. The van der Waals surface area contributed by atoms with Crippen LogP contribution in [0, 0.1) is 12.1 Å². The van der Waals surface area contributed by atoms with Crippen molar-refractivity contribution in [2.24, 2.45) is 0 Å². The zero-order chi connectivity index (χ0) is 35.0. The van der Waals surface area contributed by atoms with Crippen molar-refractivity contribution in [3.63, 3.8) is 0 Å². The van der Waals surface area contributed by atoms with Crippen LogP contribution in [0.2, 0.25) is 19.6 Å². The molecule has 2 aromatic heterocycles. The minimum Gasteiger partial charge on any atom is -0.661 e. The molecule has 0 fully saturated rings. The van der Waals surface area contributed by atoms with Crippen molar-refractivity contribution in [1.29, 1.82) is 0 Å². The van der Waals surface area contributed by atoms with Crippen molar-refractivity contribution >= 4 is 52.3 Å². The van der Waals surface area contributed by atoms with E-state index in [0.29, 0.717) is 11.8 Å². The number of fused-ring (bicyclic) bond motifs is 4. The first-order valence-electron chi connectivity index (χ1n) is 17.6. The molecule has 1 aliphatic rings. The summed E-state index contributed by atoms with van der Waals surface area (Å²) in [6, 6.07) is 46.5. The molecule has 258 valence electrons. The second-order valence-electron chi connectivity index (χ2n) is 14.7. The average Bonchev–Trinajstić information content (AvgIpc) is 3.70. The zero-order valence-electron chi connectivity index (χ0n) is 30.4. The van der Waals surface area contributed by atoms with E-state index >= 15 is 0 Å². The molecule has 51 heavy (non-hydrogen) atoms. The van der Waals surface area contributed by atoms with E-state index in [1.165, 1.54) is 22.0 Å². The molecule has 0 aliphatic carbocycles. The molecule has 1 aliphatic heterocycles. The molecule has 0 saturated heterocycles. The van der Waals surface area contributed by atoms with Crippen molar-refractivity contribution in [3.8, 4) is 11.3 Å². The molecule has 4 nitrogen and oxygen atoms in total. The molecule has 3 heterocycles. The Kier molecular flexibility index (Phi) is 10.7. The second-order valence-corrected chi connectivity index (χ2v) is 19.8. The topological polar surface area (TPSA) is 43.4 Å². The predicted molar refractivity (Wildman–Crippen MR) is 213 cm³/mol. The first-order chi connectivity index (χ1) is 24.1. The van der Waals surface area contributed by atoms with Crippen LogP contribution in [-0.4, -0.2) is 13.1 Å².